The van der Waals surface area contributed by atoms with Crippen LogP contribution < -0.4 is 10.0 Å². The van der Waals surface area contributed by atoms with Crippen LogP contribution in [-0.4, -0.2) is 33.7 Å². The van der Waals surface area contributed by atoms with Crippen LogP contribution in [0.2, 0.25) is 0 Å². The Kier molecular flexibility index (Phi) is 5.89. The van der Waals surface area contributed by atoms with Crippen LogP contribution in [0.4, 0.5) is 4.39 Å². The second-order valence-corrected chi connectivity index (χ2v) is 6.59. The highest BCUT2D eigenvalue weighted by Gasteiger charge is 2.10. The third kappa shape index (κ3) is 6.13. The maximum absolute atomic E-state index is 13.0. The van der Waals surface area contributed by atoms with Crippen molar-refractivity contribution in [3.05, 3.63) is 34.1 Å². The Morgan fingerprint density at radius 3 is 2.68 bits per heavy atom. The van der Waals surface area contributed by atoms with Gasteiger partial charge in [-0.2, -0.15) is 0 Å². The average Bonchev–Trinajstić information content (AvgIpc) is 2.30. The van der Waals surface area contributed by atoms with E-state index in [1.807, 2.05) is 0 Å². The normalized spacial score (nSPS) is 11.3. The Labute approximate surface area is 119 Å². The van der Waals surface area contributed by atoms with Crippen LogP contribution in [0.1, 0.15) is 16.8 Å². The van der Waals surface area contributed by atoms with Crippen molar-refractivity contribution in [2.24, 2.45) is 0 Å². The maximum atomic E-state index is 13.0. The van der Waals surface area contributed by atoms with E-state index in [4.69, 9.17) is 0 Å². The molecule has 0 radical (unpaired) electrons. The molecule has 8 heteroatoms. The zero-order valence-electron chi connectivity index (χ0n) is 10.2. The molecule has 1 rings (SSSR count). The van der Waals surface area contributed by atoms with E-state index < -0.39 is 21.7 Å². The summed E-state index contributed by atoms with van der Waals surface area (Å²) in [6, 6.07) is 3.83. The Balaban J connectivity index is 2.42. The third-order valence-electron chi connectivity index (χ3n) is 2.18. The number of sulfonamides is 1. The average molecular weight is 353 g/mol. The van der Waals surface area contributed by atoms with Crippen molar-refractivity contribution in [1.29, 1.82) is 0 Å². The second-order valence-electron chi connectivity index (χ2n) is 3.90. The molecule has 1 amide bonds. The lowest BCUT2D eigenvalue weighted by Gasteiger charge is -2.07. The Morgan fingerprint density at radius 2 is 2.05 bits per heavy atom. The third-order valence-corrected chi connectivity index (χ3v) is 3.60. The lowest BCUT2D eigenvalue weighted by atomic mass is 10.2. The van der Waals surface area contributed by atoms with E-state index in [1.54, 1.807) is 0 Å². The van der Waals surface area contributed by atoms with Crippen molar-refractivity contribution in [1.82, 2.24) is 10.0 Å². The fourth-order valence-corrected chi connectivity index (χ4v) is 2.26. The number of nitrogens with one attached hydrogen (secondary N) is 2. The molecular weight excluding hydrogens is 339 g/mol. The highest BCUT2D eigenvalue weighted by molar-refractivity contribution is 9.10. The molecule has 5 nitrogen and oxygen atoms in total. The smallest absolute Gasteiger partial charge is 0.252 e. The molecule has 1 aromatic rings. The minimum absolute atomic E-state index is 0.205. The van der Waals surface area contributed by atoms with Gasteiger partial charge in [-0.1, -0.05) is 0 Å². The molecule has 2 N–H and O–H groups in total. The van der Waals surface area contributed by atoms with Gasteiger partial charge in [-0.25, -0.2) is 17.5 Å². The van der Waals surface area contributed by atoms with E-state index in [0.29, 0.717) is 17.4 Å². The summed E-state index contributed by atoms with van der Waals surface area (Å²) in [5.41, 5.74) is 0.205. The van der Waals surface area contributed by atoms with Crippen LogP contribution in [0.25, 0.3) is 0 Å². The molecule has 0 aromatic heterocycles. The molecule has 106 valence electrons. The summed E-state index contributed by atoms with van der Waals surface area (Å²) in [5.74, 6) is -0.905. The first-order valence-electron chi connectivity index (χ1n) is 5.47. The van der Waals surface area contributed by atoms with Gasteiger partial charge in [0.2, 0.25) is 10.0 Å². The number of halogens is 2. The van der Waals surface area contributed by atoms with Crippen molar-refractivity contribution in [2.75, 3.05) is 19.3 Å². The van der Waals surface area contributed by atoms with E-state index in [9.17, 15) is 17.6 Å². The number of hydrogen-bond acceptors (Lipinski definition) is 3. The monoisotopic (exact) mass is 352 g/mol. The zero-order chi connectivity index (χ0) is 14.5. The Bertz CT molecular complexity index is 563. The molecule has 1 aromatic carbocycles. The van der Waals surface area contributed by atoms with E-state index in [2.05, 4.69) is 26.0 Å². The minimum Gasteiger partial charge on any atom is -0.352 e. The molecule has 0 atom stereocenters. The van der Waals surface area contributed by atoms with Gasteiger partial charge in [-0.15, -0.1) is 0 Å². The zero-order valence-corrected chi connectivity index (χ0v) is 12.6. The molecular formula is C11H14BrFN2O3S. The number of amides is 1. The minimum atomic E-state index is -3.21. The quantitative estimate of drug-likeness (QED) is 0.756. The fraction of sp³-hybridized carbons (Fsp3) is 0.364. The van der Waals surface area contributed by atoms with Crippen molar-refractivity contribution < 1.29 is 17.6 Å². The summed E-state index contributed by atoms with van der Waals surface area (Å²) in [7, 11) is -3.21. The predicted octanol–water partition coefficient (Wildman–Crippen LogP) is 1.26. The number of carbonyl (C=O) groups is 1. The van der Waals surface area contributed by atoms with Gasteiger partial charge in [-0.3, -0.25) is 4.79 Å². The predicted molar refractivity (Wildman–Crippen MR) is 73.9 cm³/mol. The van der Waals surface area contributed by atoms with Crippen LogP contribution in [0.3, 0.4) is 0 Å². The molecule has 0 aliphatic heterocycles. The van der Waals surface area contributed by atoms with Crippen LogP contribution in [0.5, 0.6) is 0 Å². The van der Waals surface area contributed by atoms with Gasteiger partial charge >= 0.3 is 0 Å². The first kappa shape index (κ1) is 16.1. The van der Waals surface area contributed by atoms with E-state index >= 15 is 0 Å². The number of benzene rings is 1. The van der Waals surface area contributed by atoms with Crippen molar-refractivity contribution >= 4 is 31.9 Å². The van der Waals surface area contributed by atoms with Crippen molar-refractivity contribution in [2.45, 2.75) is 6.42 Å². The van der Waals surface area contributed by atoms with E-state index in [-0.39, 0.29) is 12.1 Å². The lowest BCUT2D eigenvalue weighted by Crippen LogP contribution is -2.29. The van der Waals surface area contributed by atoms with Gasteiger partial charge in [0.25, 0.3) is 5.91 Å². The fourth-order valence-electron chi connectivity index (χ4n) is 1.31. The van der Waals surface area contributed by atoms with E-state index in [1.165, 1.54) is 12.1 Å². The number of hydrogen-bond donors (Lipinski definition) is 2. The van der Waals surface area contributed by atoms with Crippen LogP contribution in [0, 0.1) is 5.82 Å². The van der Waals surface area contributed by atoms with Gasteiger partial charge in [0.15, 0.2) is 0 Å². The molecule has 0 bridgehead atoms. The largest absolute Gasteiger partial charge is 0.352 e. The molecule has 0 fully saturated rings. The summed E-state index contributed by atoms with van der Waals surface area (Å²) in [4.78, 5) is 11.7. The topological polar surface area (TPSA) is 75.3 Å². The molecule has 0 saturated carbocycles. The second kappa shape index (κ2) is 6.97. The molecule has 19 heavy (non-hydrogen) atoms. The molecule has 0 unspecified atom stereocenters. The highest BCUT2D eigenvalue weighted by Crippen LogP contribution is 2.17. The first-order valence-corrected chi connectivity index (χ1v) is 8.16. The maximum Gasteiger partial charge on any atom is 0.252 e. The summed E-state index contributed by atoms with van der Waals surface area (Å²) >= 11 is 3.16. The number of rotatable bonds is 6. The SMILES string of the molecule is CS(=O)(=O)NCCCNC(=O)c1cc(F)ccc1Br. The van der Waals surface area contributed by atoms with Crippen molar-refractivity contribution in [3.63, 3.8) is 0 Å². The Hall–Kier alpha value is -0.990. The molecule has 0 aliphatic rings. The molecule has 0 aliphatic carbocycles. The highest BCUT2D eigenvalue weighted by atomic mass is 79.9. The first-order chi connectivity index (χ1) is 8.79. The Morgan fingerprint density at radius 1 is 1.37 bits per heavy atom. The van der Waals surface area contributed by atoms with Gasteiger partial charge in [0, 0.05) is 17.6 Å². The van der Waals surface area contributed by atoms with Crippen LogP contribution in [0.15, 0.2) is 22.7 Å². The van der Waals surface area contributed by atoms with Gasteiger partial charge < -0.3 is 5.32 Å². The van der Waals surface area contributed by atoms with Gasteiger partial charge in [0.05, 0.1) is 11.8 Å². The van der Waals surface area contributed by atoms with Crippen molar-refractivity contribution in [3.8, 4) is 0 Å². The summed E-state index contributed by atoms with van der Waals surface area (Å²) in [6.07, 6.45) is 1.52. The standard InChI is InChI=1S/C11H14BrFN2O3S/c1-19(17,18)15-6-2-5-14-11(16)9-7-8(13)3-4-10(9)12/h3-4,7,15H,2,5-6H2,1H3,(H,14,16). The summed E-state index contributed by atoms with van der Waals surface area (Å²) < 4.78 is 37.4. The van der Waals surface area contributed by atoms with Crippen LogP contribution >= 0.6 is 15.9 Å². The molecule has 0 spiro atoms. The lowest BCUT2D eigenvalue weighted by molar-refractivity contribution is 0.0952. The van der Waals surface area contributed by atoms with Crippen LogP contribution in [-0.2, 0) is 10.0 Å². The van der Waals surface area contributed by atoms with E-state index in [0.717, 1.165) is 12.3 Å². The van der Waals surface area contributed by atoms with Gasteiger partial charge in [-0.05, 0) is 40.5 Å². The van der Waals surface area contributed by atoms with Gasteiger partial charge in [0.1, 0.15) is 5.82 Å². The molecule has 0 saturated heterocycles. The summed E-state index contributed by atoms with van der Waals surface area (Å²) in [5, 5.41) is 2.58. The molecule has 0 heterocycles. The summed E-state index contributed by atoms with van der Waals surface area (Å²) in [6.45, 7) is 0.535. The number of carbonyl (C=O) groups excluding carboxylic acids is 1.